The second-order valence-electron chi connectivity index (χ2n) is 7.45. The minimum atomic E-state index is -0.894. The fraction of sp³-hybridized carbons (Fsp3) is 0.632. The van der Waals surface area contributed by atoms with Gasteiger partial charge in [0.1, 0.15) is 5.75 Å². The fourth-order valence-electron chi connectivity index (χ4n) is 3.74. The largest absolute Gasteiger partial charge is 0.496 e. The molecule has 0 aliphatic heterocycles. The first-order valence-corrected chi connectivity index (χ1v) is 8.33. The summed E-state index contributed by atoms with van der Waals surface area (Å²) in [6.45, 7) is 5.79. The van der Waals surface area contributed by atoms with Crippen LogP contribution < -0.4 is 4.74 Å². The Balaban J connectivity index is 2.38. The van der Waals surface area contributed by atoms with Crippen molar-refractivity contribution >= 4 is 5.91 Å². The number of carbonyl (C=O) groups is 1. The molecule has 1 aromatic rings. The number of carbonyl (C=O) groups excluding carboxylic acids is 1. The Hall–Kier alpha value is -1.55. The molecule has 1 N–H and O–H groups in total. The van der Waals surface area contributed by atoms with Gasteiger partial charge in [0.2, 0.25) is 5.91 Å². The van der Waals surface area contributed by atoms with Crippen molar-refractivity contribution in [3.05, 3.63) is 29.3 Å². The zero-order chi connectivity index (χ0) is 17.3. The van der Waals surface area contributed by atoms with Gasteiger partial charge in [-0.3, -0.25) is 4.79 Å². The van der Waals surface area contributed by atoms with Gasteiger partial charge in [-0.25, -0.2) is 0 Å². The molecule has 1 amide bonds. The molecule has 1 aliphatic rings. The van der Waals surface area contributed by atoms with Gasteiger partial charge in [-0.1, -0.05) is 25.0 Å². The van der Waals surface area contributed by atoms with E-state index in [1.54, 1.807) is 32.9 Å². The van der Waals surface area contributed by atoms with Crippen LogP contribution in [0.5, 0.6) is 5.75 Å². The molecule has 0 heterocycles. The zero-order valence-corrected chi connectivity index (χ0v) is 15.0. The van der Waals surface area contributed by atoms with Crippen LogP contribution in [0.1, 0.15) is 50.7 Å². The number of hydrogen-bond acceptors (Lipinski definition) is 3. The summed E-state index contributed by atoms with van der Waals surface area (Å²) in [6, 6.07) is 6.09. The predicted molar refractivity (Wildman–Crippen MR) is 91.8 cm³/mol. The van der Waals surface area contributed by atoms with Crippen molar-refractivity contribution < 1.29 is 14.6 Å². The molecule has 0 aromatic heterocycles. The molecule has 1 aromatic carbocycles. The normalized spacial score (nSPS) is 17.1. The van der Waals surface area contributed by atoms with E-state index < -0.39 is 11.0 Å². The van der Waals surface area contributed by atoms with E-state index in [1.165, 1.54) is 0 Å². The van der Waals surface area contributed by atoms with Gasteiger partial charge in [0.15, 0.2) is 0 Å². The smallest absolute Gasteiger partial charge is 0.233 e. The van der Waals surface area contributed by atoms with Crippen LogP contribution in [0.2, 0.25) is 0 Å². The molecule has 1 fully saturated rings. The lowest BCUT2D eigenvalue weighted by Crippen LogP contribution is -2.48. The second-order valence-corrected chi connectivity index (χ2v) is 7.45. The standard InChI is InChI=1S/C19H29NO3/c1-14-8-9-15(12-16(14)23-5)19(10-6-7-11-19)17(21)20(4)13-18(2,3)22/h8-9,12,22H,6-7,10-11,13H2,1-5H3. The summed E-state index contributed by atoms with van der Waals surface area (Å²) in [7, 11) is 3.45. The van der Waals surface area contributed by atoms with Gasteiger partial charge >= 0.3 is 0 Å². The van der Waals surface area contributed by atoms with E-state index in [9.17, 15) is 9.90 Å². The first kappa shape index (κ1) is 17.8. The third-order valence-corrected chi connectivity index (χ3v) is 4.80. The minimum absolute atomic E-state index is 0.100. The molecule has 0 bridgehead atoms. The van der Waals surface area contributed by atoms with Gasteiger partial charge < -0.3 is 14.7 Å². The van der Waals surface area contributed by atoms with E-state index >= 15 is 0 Å². The highest BCUT2D eigenvalue weighted by Crippen LogP contribution is 2.44. The number of ether oxygens (including phenoxy) is 1. The Morgan fingerprint density at radius 1 is 1.35 bits per heavy atom. The van der Waals surface area contributed by atoms with Crippen LogP contribution in [0.4, 0.5) is 0 Å². The third kappa shape index (κ3) is 3.69. The summed E-state index contributed by atoms with van der Waals surface area (Å²) >= 11 is 0. The molecule has 0 atom stereocenters. The van der Waals surface area contributed by atoms with Crippen LogP contribution in [-0.2, 0) is 10.2 Å². The summed E-state index contributed by atoms with van der Waals surface area (Å²) in [5.41, 5.74) is 0.725. The van der Waals surface area contributed by atoms with Crippen LogP contribution in [0.3, 0.4) is 0 Å². The maximum atomic E-state index is 13.2. The molecule has 0 radical (unpaired) electrons. The maximum absolute atomic E-state index is 13.2. The molecular weight excluding hydrogens is 290 g/mol. The number of nitrogens with zero attached hydrogens (tertiary/aromatic N) is 1. The van der Waals surface area contributed by atoms with Crippen LogP contribution in [-0.4, -0.2) is 42.2 Å². The lowest BCUT2D eigenvalue weighted by atomic mass is 9.77. The Morgan fingerprint density at radius 3 is 2.48 bits per heavy atom. The van der Waals surface area contributed by atoms with E-state index in [1.807, 2.05) is 19.1 Å². The first-order valence-electron chi connectivity index (χ1n) is 8.33. The van der Waals surface area contributed by atoms with E-state index in [2.05, 4.69) is 6.07 Å². The number of hydrogen-bond donors (Lipinski definition) is 1. The van der Waals surface area contributed by atoms with Crippen LogP contribution in [0.25, 0.3) is 0 Å². The van der Waals surface area contributed by atoms with Gasteiger partial charge in [0.05, 0.1) is 18.1 Å². The number of likely N-dealkylation sites (N-methyl/N-ethyl adjacent to an activating group) is 1. The van der Waals surface area contributed by atoms with E-state index in [0.717, 1.165) is 42.6 Å². The molecule has 4 nitrogen and oxygen atoms in total. The summed E-state index contributed by atoms with van der Waals surface area (Å²) < 4.78 is 5.45. The molecule has 1 aliphatic carbocycles. The van der Waals surface area contributed by atoms with Crippen LogP contribution in [0.15, 0.2) is 18.2 Å². The molecule has 2 rings (SSSR count). The quantitative estimate of drug-likeness (QED) is 0.907. The molecule has 0 spiro atoms. The maximum Gasteiger partial charge on any atom is 0.233 e. The summed E-state index contributed by atoms with van der Waals surface area (Å²) in [5, 5.41) is 10.0. The Labute approximate surface area is 139 Å². The average molecular weight is 319 g/mol. The average Bonchev–Trinajstić information content (AvgIpc) is 2.95. The van der Waals surface area contributed by atoms with Crippen molar-refractivity contribution in [3.63, 3.8) is 0 Å². The Morgan fingerprint density at radius 2 is 1.96 bits per heavy atom. The van der Waals surface area contributed by atoms with E-state index in [4.69, 9.17) is 4.74 Å². The fourth-order valence-corrected chi connectivity index (χ4v) is 3.74. The van der Waals surface area contributed by atoms with Crippen LogP contribution >= 0.6 is 0 Å². The number of rotatable bonds is 5. The molecule has 4 heteroatoms. The number of amides is 1. The molecular formula is C19H29NO3. The number of aliphatic hydroxyl groups is 1. The summed E-state index contributed by atoms with van der Waals surface area (Å²) in [6.07, 6.45) is 3.82. The van der Waals surface area contributed by atoms with E-state index in [0.29, 0.717) is 6.54 Å². The minimum Gasteiger partial charge on any atom is -0.496 e. The van der Waals surface area contributed by atoms with Crippen LogP contribution in [0, 0.1) is 6.92 Å². The van der Waals surface area contributed by atoms with Crippen molar-refractivity contribution in [1.29, 1.82) is 0 Å². The van der Waals surface area contributed by atoms with Gasteiger partial charge in [0.25, 0.3) is 0 Å². The lowest BCUT2D eigenvalue weighted by Gasteiger charge is -2.35. The van der Waals surface area contributed by atoms with Crippen molar-refractivity contribution in [2.24, 2.45) is 0 Å². The number of benzene rings is 1. The zero-order valence-electron chi connectivity index (χ0n) is 15.0. The summed E-state index contributed by atoms with van der Waals surface area (Å²) in [4.78, 5) is 14.9. The van der Waals surface area contributed by atoms with Crippen molar-refractivity contribution in [2.75, 3.05) is 20.7 Å². The Kier molecular flexibility index (Phi) is 5.04. The van der Waals surface area contributed by atoms with Gasteiger partial charge in [0, 0.05) is 13.6 Å². The third-order valence-electron chi connectivity index (χ3n) is 4.80. The highest BCUT2D eigenvalue weighted by atomic mass is 16.5. The summed E-state index contributed by atoms with van der Waals surface area (Å²) in [5.74, 6) is 0.926. The number of aryl methyl sites for hydroxylation is 1. The molecule has 0 saturated heterocycles. The van der Waals surface area contributed by atoms with Gasteiger partial charge in [-0.15, -0.1) is 0 Å². The van der Waals surface area contributed by atoms with E-state index in [-0.39, 0.29) is 5.91 Å². The SMILES string of the molecule is COc1cc(C2(C(=O)N(C)CC(C)(C)O)CCCC2)ccc1C. The molecule has 23 heavy (non-hydrogen) atoms. The first-order chi connectivity index (χ1) is 10.7. The Bertz CT molecular complexity index is 568. The number of methoxy groups -OCH3 is 1. The topological polar surface area (TPSA) is 49.8 Å². The van der Waals surface area contributed by atoms with Gasteiger partial charge in [-0.05, 0) is 50.8 Å². The molecule has 1 saturated carbocycles. The predicted octanol–water partition coefficient (Wildman–Crippen LogP) is 3.04. The second kappa shape index (κ2) is 6.52. The van der Waals surface area contributed by atoms with Crippen molar-refractivity contribution in [1.82, 2.24) is 4.90 Å². The highest BCUT2D eigenvalue weighted by molar-refractivity contribution is 5.88. The van der Waals surface area contributed by atoms with Gasteiger partial charge in [-0.2, -0.15) is 0 Å². The lowest BCUT2D eigenvalue weighted by molar-refractivity contribution is -0.138. The van der Waals surface area contributed by atoms with Crippen molar-refractivity contribution in [2.45, 2.75) is 57.5 Å². The highest BCUT2D eigenvalue weighted by Gasteiger charge is 2.45. The van der Waals surface area contributed by atoms with Crippen molar-refractivity contribution in [3.8, 4) is 5.75 Å². The molecule has 128 valence electrons. The monoisotopic (exact) mass is 319 g/mol. The molecule has 0 unspecified atom stereocenters.